The first kappa shape index (κ1) is 17.3. The van der Waals surface area contributed by atoms with Crippen LogP contribution in [0.1, 0.15) is 30.9 Å². The molecule has 0 unspecified atom stereocenters. The largest absolute Gasteiger partial charge is 0.496 e. The third kappa shape index (κ3) is 5.31. The number of benzene rings is 1. The smallest absolute Gasteiger partial charge is 0.211 e. The van der Waals surface area contributed by atoms with Gasteiger partial charge in [0.15, 0.2) is 0 Å². The molecule has 1 N–H and O–H groups in total. The number of sulfonamides is 1. The normalized spacial score (nSPS) is 11.6. The van der Waals surface area contributed by atoms with Gasteiger partial charge >= 0.3 is 0 Å². The van der Waals surface area contributed by atoms with E-state index in [1.54, 1.807) is 7.11 Å². The first-order chi connectivity index (χ1) is 9.39. The molecule has 0 heterocycles. The Labute approximate surface area is 126 Å². The van der Waals surface area contributed by atoms with E-state index in [0.29, 0.717) is 24.4 Å². The fourth-order valence-electron chi connectivity index (χ4n) is 2.02. The fourth-order valence-corrected chi connectivity index (χ4v) is 3.55. The molecule has 114 valence electrons. The summed E-state index contributed by atoms with van der Waals surface area (Å²) in [5.41, 5.74) is 1.86. The van der Waals surface area contributed by atoms with Gasteiger partial charge in [-0.25, -0.2) is 13.1 Å². The molecule has 1 aromatic carbocycles. The number of hydrogen-bond donors (Lipinski definition) is 1. The van der Waals surface area contributed by atoms with Crippen LogP contribution in [0.5, 0.6) is 5.75 Å². The minimum absolute atomic E-state index is 0.176. The van der Waals surface area contributed by atoms with E-state index in [1.807, 2.05) is 26.0 Å². The molecule has 1 rings (SSSR count). The molecule has 1 aromatic rings. The van der Waals surface area contributed by atoms with Crippen LogP contribution < -0.4 is 9.46 Å². The van der Waals surface area contributed by atoms with Gasteiger partial charge in [-0.1, -0.05) is 24.9 Å². The molecule has 0 aromatic heterocycles. The number of halogens is 1. The summed E-state index contributed by atoms with van der Waals surface area (Å²) in [4.78, 5) is 0. The van der Waals surface area contributed by atoms with Crippen LogP contribution in [-0.2, 0) is 16.4 Å². The molecule has 0 amide bonds. The Balaban J connectivity index is 2.67. The summed E-state index contributed by atoms with van der Waals surface area (Å²) in [7, 11) is -1.58. The lowest BCUT2D eigenvalue weighted by molar-refractivity contribution is 0.406. The maximum Gasteiger partial charge on any atom is 0.211 e. The maximum atomic E-state index is 11.7. The molecule has 4 nitrogen and oxygen atoms in total. The van der Waals surface area contributed by atoms with Gasteiger partial charge < -0.3 is 4.74 Å². The van der Waals surface area contributed by atoms with Crippen LogP contribution in [0, 0.1) is 6.92 Å². The second kappa shape index (κ2) is 7.86. The monoisotopic (exact) mass is 319 g/mol. The number of aryl methyl sites for hydroxylation is 1. The third-order valence-electron chi connectivity index (χ3n) is 3.00. The standard InChI is InChI=1S/C14H22ClNO3S/c1-4-5-8-20(17,18)16-7-6-12-10-13(15)9-11(2)14(12)19-3/h9-10,16H,4-8H2,1-3H3. The number of ether oxygens (including phenoxy) is 1. The summed E-state index contributed by atoms with van der Waals surface area (Å²) in [6.45, 7) is 4.23. The lowest BCUT2D eigenvalue weighted by Crippen LogP contribution is -2.28. The van der Waals surface area contributed by atoms with Crippen LogP contribution in [-0.4, -0.2) is 27.8 Å². The van der Waals surface area contributed by atoms with E-state index in [1.165, 1.54) is 0 Å². The third-order valence-corrected chi connectivity index (χ3v) is 4.69. The van der Waals surface area contributed by atoms with E-state index in [4.69, 9.17) is 16.3 Å². The van der Waals surface area contributed by atoms with Crippen molar-refractivity contribution >= 4 is 21.6 Å². The van der Waals surface area contributed by atoms with Gasteiger partial charge in [-0.15, -0.1) is 0 Å². The average molecular weight is 320 g/mol. The molecule has 0 saturated carbocycles. The van der Waals surface area contributed by atoms with E-state index < -0.39 is 10.0 Å². The Morgan fingerprint density at radius 3 is 2.65 bits per heavy atom. The van der Waals surface area contributed by atoms with Crippen molar-refractivity contribution in [3.05, 3.63) is 28.3 Å². The van der Waals surface area contributed by atoms with Crippen molar-refractivity contribution in [2.45, 2.75) is 33.1 Å². The molecule has 0 atom stereocenters. The Bertz CT molecular complexity index is 544. The summed E-state index contributed by atoms with van der Waals surface area (Å²) in [6.07, 6.45) is 2.09. The van der Waals surface area contributed by atoms with Crippen molar-refractivity contribution in [3.63, 3.8) is 0 Å². The summed E-state index contributed by atoms with van der Waals surface area (Å²) in [6, 6.07) is 3.64. The van der Waals surface area contributed by atoms with Crippen molar-refractivity contribution in [1.29, 1.82) is 0 Å². The lowest BCUT2D eigenvalue weighted by Gasteiger charge is -2.12. The minimum atomic E-state index is -3.18. The van der Waals surface area contributed by atoms with Crippen molar-refractivity contribution < 1.29 is 13.2 Å². The zero-order chi connectivity index (χ0) is 15.2. The molecular weight excluding hydrogens is 298 g/mol. The Kier molecular flexibility index (Phi) is 6.79. The predicted molar refractivity (Wildman–Crippen MR) is 83.1 cm³/mol. The second-order valence-electron chi connectivity index (χ2n) is 4.73. The van der Waals surface area contributed by atoms with E-state index in [0.717, 1.165) is 23.3 Å². The highest BCUT2D eigenvalue weighted by atomic mass is 35.5. The SMILES string of the molecule is CCCCS(=O)(=O)NCCc1cc(Cl)cc(C)c1OC. The molecule has 0 saturated heterocycles. The first-order valence-corrected chi connectivity index (χ1v) is 8.73. The second-order valence-corrected chi connectivity index (χ2v) is 7.09. The van der Waals surface area contributed by atoms with Crippen molar-refractivity contribution in [1.82, 2.24) is 4.72 Å². The molecular formula is C14H22ClNO3S. The number of unbranched alkanes of at least 4 members (excludes halogenated alkanes) is 1. The molecule has 0 aliphatic heterocycles. The van der Waals surface area contributed by atoms with Crippen LogP contribution in [0.25, 0.3) is 0 Å². The Hall–Kier alpha value is -0.780. The summed E-state index contributed by atoms with van der Waals surface area (Å²) >= 11 is 6.02. The van der Waals surface area contributed by atoms with Crippen LogP contribution in [0.3, 0.4) is 0 Å². The maximum absolute atomic E-state index is 11.7. The number of rotatable bonds is 8. The highest BCUT2D eigenvalue weighted by molar-refractivity contribution is 7.89. The zero-order valence-electron chi connectivity index (χ0n) is 12.2. The highest BCUT2D eigenvalue weighted by Crippen LogP contribution is 2.27. The molecule has 6 heteroatoms. The quantitative estimate of drug-likeness (QED) is 0.801. The summed E-state index contributed by atoms with van der Waals surface area (Å²) < 4.78 is 31.3. The number of nitrogens with one attached hydrogen (secondary N) is 1. The molecule has 0 aliphatic rings. The first-order valence-electron chi connectivity index (χ1n) is 6.70. The van der Waals surface area contributed by atoms with Crippen LogP contribution in [0.2, 0.25) is 5.02 Å². The van der Waals surface area contributed by atoms with E-state index >= 15 is 0 Å². The fraction of sp³-hybridized carbons (Fsp3) is 0.571. The Morgan fingerprint density at radius 1 is 1.35 bits per heavy atom. The molecule has 0 bridgehead atoms. The molecule has 0 fully saturated rings. The van der Waals surface area contributed by atoms with Gasteiger partial charge in [0.2, 0.25) is 10.0 Å². The van der Waals surface area contributed by atoms with Gasteiger partial charge in [0, 0.05) is 11.6 Å². The predicted octanol–water partition coefficient (Wildman–Crippen LogP) is 2.92. The molecule has 0 radical (unpaired) electrons. The Morgan fingerprint density at radius 2 is 2.05 bits per heavy atom. The van der Waals surface area contributed by atoms with Gasteiger partial charge in [-0.2, -0.15) is 0 Å². The number of methoxy groups -OCH3 is 1. The summed E-state index contributed by atoms with van der Waals surface area (Å²) in [5.74, 6) is 0.942. The molecule has 0 aliphatic carbocycles. The van der Waals surface area contributed by atoms with Crippen LogP contribution in [0.15, 0.2) is 12.1 Å². The van der Waals surface area contributed by atoms with E-state index in [9.17, 15) is 8.42 Å². The van der Waals surface area contributed by atoms with Crippen LogP contribution >= 0.6 is 11.6 Å². The van der Waals surface area contributed by atoms with Gasteiger partial charge in [0.25, 0.3) is 0 Å². The van der Waals surface area contributed by atoms with Crippen molar-refractivity contribution in [3.8, 4) is 5.75 Å². The minimum Gasteiger partial charge on any atom is -0.496 e. The number of hydrogen-bond acceptors (Lipinski definition) is 3. The lowest BCUT2D eigenvalue weighted by atomic mass is 10.1. The summed E-state index contributed by atoms with van der Waals surface area (Å²) in [5, 5.41) is 0.632. The van der Waals surface area contributed by atoms with Gasteiger partial charge in [-0.05, 0) is 43.0 Å². The average Bonchev–Trinajstić information content (AvgIpc) is 2.36. The highest BCUT2D eigenvalue weighted by Gasteiger charge is 2.11. The van der Waals surface area contributed by atoms with E-state index in [-0.39, 0.29) is 5.75 Å². The van der Waals surface area contributed by atoms with Gasteiger partial charge in [0.05, 0.1) is 12.9 Å². The zero-order valence-corrected chi connectivity index (χ0v) is 13.8. The van der Waals surface area contributed by atoms with Crippen LogP contribution in [0.4, 0.5) is 0 Å². The topological polar surface area (TPSA) is 55.4 Å². The van der Waals surface area contributed by atoms with E-state index in [2.05, 4.69) is 4.72 Å². The molecule has 20 heavy (non-hydrogen) atoms. The van der Waals surface area contributed by atoms with Gasteiger partial charge in [-0.3, -0.25) is 0 Å². The van der Waals surface area contributed by atoms with Gasteiger partial charge in [0.1, 0.15) is 5.75 Å². The van der Waals surface area contributed by atoms with Crippen molar-refractivity contribution in [2.24, 2.45) is 0 Å². The molecule has 0 spiro atoms. The van der Waals surface area contributed by atoms with Crippen molar-refractivity contribution in [2.75, 3.05) is 19.4 Å².